The number of hydrogen-bond donors (Lipinski definition) is 0. The van der Waals surface area contributed by atoms with Crippen molar-refractivity contribution in [3.8, 4) is 0 Å². The molecule has 1 N–H and O–H groups in total. The molecule has 3 nitrogen and oxygen atoms in total. The number of hydrogen-bond acceptors (Lipinski definition) is 2. The minimum absolute atomic E-state index is 0.0209. The van der Waals surface area contributed by atoms with Crippen molar-refractivity contribution in [2.75, 3.05) is 0 Å². The number of benzene rings is 6. The number of rotatable bonds is 2. The summed E-state index contributed by atoms with van der Waals surface area (Å²) in [6.07, 6.45) is 0. The molecule has 2 aliphatic carbocycles. The number of allylic oxidation sites excluding steroid dienone is 2. The summed E-state index contributed by atoms with van der Waals surface area (Å²) in [6, 6.07) is 41.8. The van der Waals surface area contributed by atoms with Gasteiger partial charge in [0.15, 0.2) is 0 Å². The maximum Gasteiger partial charge on any atom is 0.253 e. The molecule has 5 heteroatoms. The molecule has 0 spiro atoms. The van der Waals surface area contributed by atoms with Gasteiger partial charge in [0.2, 0.25) is 9.84 Å². The van der Waals surface area contributed by atoms with E-state index in [0.717, 1.165) is 86.7 Å². The second kappa shape index (κ2) is 10.7. The molecule has 1 atom stereocenters. The Kier molecular flexibility index (Phi) is 6.60. The predicted octanol–water partition coefficient (Wildman–Crippen LogP) is 9.44. The summed E-state index contributed by atoms with van der Waals surface area (Å²) in [5.41, 5.74) is 12.0. The van der Waals surface area contributed by atoms with Crippen molar-refractivity contribution < 1.29 is 12.6 Å². The molecule has 53 heavy (non-hydrogen) atoms. The van der Waals surface area contributed by atoms with Crippen LogP contribution in [0.15, 0.2) is 141 Å². The molecule has 6 aromatic rings. The Morgan fingerprint density at radius 1 is 0.509 bits per heavy atom. The van der Waals surface area contributed by atoms with Crippen LogP contribution in [0, 0.1) is 0 Å². The average Bonchev–Trinajstić information content (AvgIpc) is 3.80. The van der Waals surface area contributed by atoms with Gasteiger partial charge in [-0.3, -0.25) is 0 Å². The molecular formula is C48H39O3S2+. The van der Waals surface area contributed by atoms with Gasteiger partial charge in [0, 0.05) is 33.4 Å². The summed E-state index contributed by atoms with van der Waals surface area (Å²) in [6.45, 7) is 13.2. The Morgan fingerprint density at radius 2 is 1.00 bits per heavy atom. The van der Waals surface area contributed by atoms with Gasteiger partial charge in [0.05, 0.1) is 9.80 Å². The van der Waals surface area contributed by atoms with Gasteiger partial charge >= 0.3 is 0 Å². The Morgan fingerprint density at radius 3 is 1.58 bits per heavy atom. The standard InChI is InChI=1S/C48H38O3S2/c1-47(2,3)31-19-15-27(16-20-31)41-35-23-29-26-38-36(24-30(29)25-37(35)43-33-11-7-9-13-39(33)52(49)45(41)43)42(28-17-21-32(22-18-28)48(4,5)6)46-44(38)34-12-8-10-14-40(34)53(46,50)51/h7-26H,1-6H3/p+1. The maximum absolute atomic E-state index is 14.4. The monoisotopic (exact) mass is 727 g/mol. The molecule has 2 aliphatic heterocycles. The zero-order valence-electron chi connectivity index (χ0n) is 30.6. The minimum Gasteiger partial charge on any atom is -0.242 e. The second-order valence-corrected chi connectivity index (χ2v) is 20.0. The third-order valence-corrected chi connectivity index (χ3v) is 14.9. The molecule has 0 saturated carbocycles. The van der Waals surface area contributed by atoms with Gasteiger partial charge < -0.3 is 0 Å². The van der Waals surface area contributed by atoms with E-state index in [0.29, 0.717) is 9.80 Å². The first-order chi connectivity index (χ1) is 25.2. The lowest BCUT2D eigenvalue weighted by atomic mass is 9.86. The molecule has 0 saturated heterocycles. The first-order valence-electron chi connectivity index (χ1n) is 18.2. The van der Waals surface area contributed by atoms with Crippen molar-refractivity contribution in [1.29, 1.82) is 0 Å². The van der Waals surface area contributed by atoms with E-state index in [1.807, 2.05) is 36.4 Å². The third kappa shape index (κ3) is 4.50. The van der Waals surface area contributed by atoms with Crippen LogP contribution in [0.1, 0.15) is 86.1 Å². The molecular weight excluding hydrogens is 689 g/mol. The van der Waals surface area contributed by atoms with Crippen molar-refractivity contribution in [2.24, 2.45) is 0 Å². The fourth-order valence-corrected chi connectivity index (χ4v) is 12.3. The van der Waals surface area contributed by atoms with E-state index in [9.17, 15) is 12.6 Å². The molecule has 2 heterocycles. The highest BCUT2D eigenvalue weighted by atomic mass is 32.2. The van der Waals surface area contributed by atoms with E-state index in [-0.39, 0.29) is 10.8 Å². The van der Waals surface area contributed by atoms with Gasteiger partial charge in [-0.05, 0) is 102 Å². The zero-order valence-corrected chi connectivity index (χ0v) is 32.3. The van der Waals surface area contributed by atoms with Crippen molar-refractivity contribution in [3.63, 3.8) is 0 Å². The third-order valence-electron chi connectivity index (χ3n) is 11.5. The van der Waals surface area contributed by atoms with Crippen LogP contribution in [0.5, 0.6) is 0 Å². The van der Waals surface area contributed by atoms with E-state index in [4.69, 9.17) is 0 Å². The van der Waals surface area contributed by atoms with Gasteiger partial charge in [-0.1, -0.05) is 126 Å². The van der Waals surface area contributed by atoms with E-state index in [1.165, 1.54) is 11.1 Å². The Labute approximate surface area is 313 Å². The quantitative estimate of drug-likeness (QED) is 0.167. The largest absolute Gasteiger partial charge is 0.253 e. The van der Waals surface area contributed by atoms with Crippen molar-refractivity contribution in [3.05, 3.63) is 186 Å². The van der Waals surface area contributed by atoms with E-state index < -0.39 is 20.6 Å². The van der Waals surface area contributed by atoms with Crippen LogP contribution in [0.3, 0.4) is 0 Å². The van der Waals surface area contributed by atoms with Crippen LogP contribution in [0.4, 0.5) is 0 Å². The fourth-order valence-electron chi connectivity index (χ4n) is 8.73. The summed E-state index contributed by atoms with van der Waals surface area (Å²) < 4.78 is 40.9. The van der Waals surface area contributed by atoms with Gasteiger partial charge in [0.25, 0.3) is 10.8 Å². The highest BCUT2D eigenvalue weighted by Crippen LogP contribution is 2.51. The molecule has 0 fully saturated rings. The summed E-state index contributed by atoms with van der Waals surface area (Å²) in [4.78, 5) is 2.72. The minimum atomic E-state index is -3.76. The van der Waals surface area contributed by atoms with Crippen LogP contribution in [0.25, 0.3) is 33.1 Å². The SMILES string of the molecule is CC(C)(C)c1ccc(C2=c3cc4cc5c(cc4cc3C3=C2S(=[OH+])c2ccccc23)=C(c2ccc(C(C)(C)C)cc2)C2=C5c3ccccc3S2(=O)=O)cc1. The molecule has 4 aliphatic rings. The van der Waals surface area contributed by atoms with Crippen molar-refractivity contribution in [1.82, 2.24) is 0 Å². The molecule has 260 valence electrons. The predicted molar refractivity (Wildman–Crippen MR) is 218 cm³/mol. The summed E-state index contributed by atoms with van der Waals surface area (Å²) >= 11 is 0. The first-order valence-corrected chi connectivity index (χ1v) is 20.9. The highest BCUT2D eigenvalue weighted by Gasteiger charge is 2.43. The smallest absolute Gasteiger partial charge is 0.242 e. The van der Waals surface area contributed by atoms with Crippen LogP contribution >= 0.6 is 0 Å². The van der Waals surface area contributed by atoms with E-state index >= 15 is 0 Å². The van der Waals surface area contributed by atoms with Gasteiger partial charge in [-0.15, -0.1) is 0 Å². The topological polar surface area (TPSA) is 55.5 Å². The van der Waals surface area contributed by atoms with E-state index in [1.54, 1.807) is 6.07 Å². The van der Waals surface area contributed by atoms with Crippen molar-refractivity contribution >= 4 is 53.7 Å². The highest BCUT2D eigenvalue weighted by molar-refractivity contribution is 7.96. The summed E-state index contributed by atoms with van der Waals surface area (Å²) in [7, 11) is -4.84. The molecule has 0 bridgehead atoms. The molecule has 0 radical (unpaired) electrons. The lowest BCUT2D eigenvalue weighted by Gasteiger charge is -2.19. The fraction of sp³-hybridized carbons (Fsp3) is 0.167. The van der Waals surface area contributed by atoms with Crippen LogP contribution in [-0.4, -0.2) is 12.6 Å². The normalized spacial score (nSPS) is 18.0. The Balaban J connectivity index is 1.28. The molecule has 6 aromatic carbocycles. The zero-order chi connectivity index (χ0) is 36.8. The molecule has 0 amide bonds. The van der Waals surface area contributed by atoms with Gasteiger partial charge in [-0.25, -0.2) is 12.6 Å². The Hall–Kier alpha value is -5.10. The van der Waals surface area contributed by atoms with Gasteiger partial charge in [0.1, 0.15) is 9.80 Å². The summed E-state index contributed by atoms with van der Waals surface area (Å²) in [5.74, 6) is 0. The molecule has 10 rings (SSSR count). The van der Waals surface area contributed by atoms with E-state index in [2.05, 4.69) is 120 Å². The summed E-state index contributed by atoms with van der Waals surface area (Å²) in [5, 5.41) is 4.11. The van der Waals surface area contributed by atoms with Gasteiger partial charge in [-0.2, -0.15) is 0 Å². The number of fused-ring (bicyclic) bond motifs is 9. The molecule has 1 unspecified atom stereocenters. The lowest BCUT2D eigenvalue weighted by molar-refractivity contribution is 0.590. The van der Waals surface area contributed by atoms with Crippen LogP contribution in [-0.2, 0) is 31.5 Å². The number of sulfone groups is 1. The lowest BCUT2D eigenvalue weighted by Crippen LogP contribution is -2.15. The van der Waals surface area contributed by atoms with Crippen LogP contribution < -0.4 is 10.4 Å². The van der Waals surface area contributed by atoms with Crippen molar-refractivity contribution in [2.45, 2.75) is 62.2 Å². The maximum atomic E-state index is 14.4. The average molecular weight is 728 g/mol. The second-order valence-electron chi connectivity index (χ2n) is 16.7. The van der Waals surface area contributed by atoms with Crippen LogP contribution in [0.2, 0.25) is 0 Å². The molecule has 0 aromatic heterocycles. The Bertz CT molecular complexity index is 3000. The first kappa shape index (κ1) is 32.5.